The fourth-order valence-corrected chi connectivity index (χ4v) is 2.37. The lowest BCUT2D eigenvalue weighted by molar-refractivity contribution is 0.111. The van der Waals surface area contributed by atoms with Gasteiger partial charge < -0.3 is 9.88 Å². The summed E-state index contributed by atoms with van der Waals surface area (Å²) in [5.74, 6) is 0. The number of H-pyrrole nitrogens is 1. The van der Waals surface area contributed by atoms with Crippen molar-refractivity contribution in [2.24, 2.45) is 0 Å². The molecule has 0 radical (unpaired) electrons. The van der Waals surface area contributed by atoms with Crippen LogP contribution in [0.25, 0.3) is 0 Å². The van der Waals surface area contributed by atoms with Gasteiger partial charge in [0.15, 0.2) is 6.29 Å². The van der Waals surface area contributed by atoms with Crippen molar-refractivity contribution < 1.29 is 4.79 Å². The van der Waals surface area contributed by atoms with Crippen LogP contribution in [-0.2, 0) is 19.4 Å². The molecular formula is C12H18N2O. The molecule has 1 aliphatic carbocycles. The highest BCUT2D eigenvalue weighted by Crippen LogP contribution is 2.26. The average Bonchev–Trinajstić information content (AvgIpc) is 2.56. The SMILES string of the molecule is CN(C)Cc1c(C=O)[nH]c2c1CCCC2. The zero-order chi connectivity index (χ0) is 10.8. The molecule has 0 fully saturated rings. The topological polar surface area (TPSA) is 36.1 Å². The number of carbonyl (C=O) groups excluding carboxylic acids is 1. The van der Waals surface area contributed by atoms with Gasteiger partial charge in [0.1, 0.15) is 0 Å². The van der Waals surface area contributed by atoms with Crippen LogP contribution < -0.4 is 0 Å². The van der Waals surface area contributed by atoms with Gasteiger partial charge in [-0.05, 0) is 50.9 Å². The molecule has 0 unspecified atom stereocenters. The minimum absolute atomic E-state index is 0.788. The summed E-state index contributed by atoms with van der Waals surface area (Å²) >= 11 is 0. The van der Waals surface area contributed by atoms with E-state index in [0.717, 1.165) is 31.4 Å². The number of hydrogen-bond donors (Lipinski definition) is 1. The van der Waals surface area contributed by atoms with Gasteiger partial charge in [-0.1, -0.05) is 0 Å². The van der Waals surface area contributed by atoms with Crippen molar-refractivity contribution in [3.05, 3.63) is 22.5 Å². The second-order valence-electron chi connectivity index (χ2n) is 4.54. The van der Waals surface area contributed by atoms with E-state index in [-0.39, 0.29) is 0 Å². The third-order valence-electron chi connectivity index (χ3n) is 3.03. The molecule has 1 aliphatic rings. The van der Waals surface area contributed by atoms with Crippen LogP contribution in [0.1, 0.15) is 40.2 Å². The number of aldehydes is 1. The summed E-state index contributed by atoms with van der Waals surface area (Å²) in [5.41, 5.74) is 4.69. The van der Waals surface area contributed by atoms with Gasteiger partial charge in [-0.25, -0.2) is 0 Å². The maximum atomic E-state index is 11.0. The van der Waals surface area contributed by atoms with E-state index >= 15 is 0 Å². The Morgan fingerprint density at radius 2 is 2.07 bits per heavy atom. The summed E-state index contributed by atoms with van der Waals surface area (Å²) in [4.78, 5) is 16.4. The van der Waals surface area contributed by atoms with Crippen LogP contribution in [0.2, 0.25) is 0 Å². The minimum atomic E-state index is 0.788. The molecular weight excluding hydrogens is 188 g/mol. The number of fused-ring (bicyclic) bond motifs is 1. The first-order valence-corrected chi connectivity index (χ1v) is 5.55. The fraction of sp³-hybridized carbons (Fsp3) is 0.583. The molecule has 1 N–H and O–H groups in total. The third-order valence-corrected chi connectivity index (χ3v) is 3.03. The van der Waals surface area contributed by atoms with Crippen molar-refractivity contribution in [2.45, 2.75) is 32.2 Å². The molecule has 3 nitrogen and oxygen atoms in total. The van der Waals surface area contributed by atoms with Crippen molar-refractivity contribution in [1.29, 1.82) is 0 Å². The summed E-state index contributed by atoms with van der Waals surface area (Å²) in [6.45, 7) is 0.861. The molecule has 0 spiro atoms. The Balaban J connectivity index is 2.39. The summed E-state index contributed by atoms with van der Waals surface area (Å²) < 4.78 is 0. The zero-order valence-corrected chi connectivity index (χ0v) is 9.47. The number of aromatic amines is 1. The summed E-state index contributed by atoms with van der Waals surface area (Å²) in [6, 6.07) is 0. The van der Waals surface area contributed by atoms with Crippen molar-refractivity contribution in [3.8, 4) is 0 Å². The van der Waals surface area contributed by atoms with E-state index in [4.69, 9.17) is 0 Å². The molecule has 2 rings (SSSR count). The fourth-order valence-electron chi connectivity index (χ4n) is 2.37. The number of rotatable bonds is 3. The van der Waals surface area contributed by atoms with E-state index in [0.29, 0.717) is 0 Å². The number of nitrogens with zero attached hydrogens (tertiary/aromatic N) is 1. The van der Waals surface area contributed by atoms with Crippen LogP contribution in [0.4, 0.5) is 0 Å². The molecule has 1 heterocycles. The number of hydrogen-bond acceptors (Lipinski definition) is 2. The molecule has 0 aliphatic heterocycles. The maximum Gasteiger partial charge on any atom is 0.166 e. The molecule has 0 aromatic carbocycles. The molecule has 1 aromatic rings. The minimum Gasteiger partial charge on any atom is -0.356 e. The van der Waals surface area contributed by atoms with Crippen molar-refractivity contribution in [1.82, 2.24) is 9.88 Å². The summed E-state index contributed by atoms with van der Waals surface area (Å²) in [5, 5.41) is 0. The smallest absolute Gasteiger partial charge is 0.166 e. The van der Waals surface area contributed by atoms with Gasteiger partial charge in [0, 0.05) is 12.2 Å². The van der Waals surface area contributed by atoms with Crippen LogP contribution in [0, 0.1) is 0 Å². The van der Waals surface area contributed by atoms with Crippen molar-refractivity contribution >= 4 is 6.29 Å². The lowest BCUT2D eigenvalue weighted by atomic mass is 9.94. The molecule has 15 heavy (non-hydrogen) atoms. The lowest BCUT2D eigenvalue weighted by Gasteiger charge is -2.15. The van der Waals surface area contributed by atoms with Crippen LogP contribution in [0.15, 0.2) is 0 Å². The predicted molar refractivity (Wildman–Crippen MR) is 60.2 cm³/mol. The first-order chi connectivity index (χ1) is 7.22. The average molecular weight is 206 g/mol. The van der Waals surface area contributed by atoms with E-state index in [1.807, 2.05) is 14.1 Å². The Morgan fingerprint density at radius 3 is 2.73 bits per heavy atom. The largest absolute Gasteiger partial charge is 0.356 e. The highest BCUT2D eigenvalue weighted by molar-refractivity contribution is 5.76. The van der Waals surface area contributed by atoms with Crippen LogP contribution >= 0.6 is 0 Å². The highest BCUT2D eigenvalue weighted by atomic mass is 16.1. The Labute approximate surface area is 90.5 Å². The Bertz CT molecular complexity index is 366. The molecule has 1 aromatic heterocycles. The molecule has 3 heteroatoms. The number of carbonyl (C=O) groups is 1. The molecule has 0 amide bonds. The summed E-state index contributed by atoms with van der Waals surface area (Å²) in [6.07, 6.45) is 5.68. The normalized spacial score (nSPS) is 15.4. The molecule has 0 saturated carbocycles. The Kier molecular flexibility index (Phi) is 2.91. The molecule has 0 bridgehead atoms. The first-order valence-electron chi connectivity index (χ1n) is 5.55. The van der Waals surface area contributed by atoms with Gasteiger partial charge in [-0.3, -0.25) is 4.79 Å². The lowest BCUT2D eigenvalue weighted by Crippen LogP contribution is -2.13. The van der Waals surface area contributed by atoms with E-state index < -0.39 is 0 Å². The second-order valence-corrected chi connectivity index (χ2v) is 4.54. The van der Waals surface area contributed by atoms with Crippen LogP contribution in [0.5, 0.6) is 0 Å². The van der Waals surface area contributed by atoms with E-state index in [1.54, 1.807) is 0 Å². The summed E-state index contributed by atoms with van der Waals surface area (Å²) in [7, 11) is 4.08. The number of aromatic nitrogens is 1. The van der Waals surface area contributed by atoms with Gasteiger partial charge >= 0.3 is 0 Å². The maximum absolute atomic E-state index is 11.0. The Hall–Kier alpha value is -1.09. The monoisotopic (exact) mass is 206 g/mol. The highest BCUT2D eigenvalue weighted by Gasteiger charge is 2.19. The molecule has 0 atom stereocenters. The first kappa shape index (κ1) is 10.4. The second kappa shape index (κ2) is 4.19. The van der Waals surface area contributed by atoms with E-state index in [1.165, 1.54) is 29.7 Å². The van der Waals surface area contributed by atoms with E-state index in [2.05, 4.69) is 9.88 Å². The van der Waals surface area contributed by atoms with Gasteiger partial charge in [-0.15, -0.1) is 0 Å². The van der Waals surface area contributed by atoms with Gasteiger partial charge in [-0.2, -0.15) is 0 Å². The quantitative estimate of drug-likeness (QED) is 0.765. The number of nitrogens with one attached hydrogen (secondary N) is 1. The molecule has 0 saturated heterocycles. The molecule has 82 valence electrons. The van der Waals surface area contributed by atoms with Crippen molar-refractivity contribution in [3.63, 3.8) is 0 Å². The zero-order valence-electron chi connectivity index (χ0n) is 9.47. The van der Waals surface area contributed by atoms with Crippen LogP contribution in [0.3, 0.4) is 0 Å². The van der Waals surface area contributed by atoms with Gasteiger partial charge in [0.05, 0.1) is 5.69 Å². The predicted octanol–water partition coefficient (Wildman–Crippen LogP) is 1.77. The van der Waals surface area contributed by atoms with Gasteiger partial charge in [0.2, 0.25) is 0 Å². The number of aryl methyl sites for hydroxylation is 1. The van der Waals surface area contributed by atoms with Crippen molar-refractivity contribution in [2.75, 3.05) is 14.1 Å². The van der Waals surface area contributed by atoms with Crippen LogP contribution in [-0.4, -0.2) is 30.3 Å². The van der Waals surface area contributed by atoms with E-state index in [9.17, 15) is 4.79 Å². The third kappa shape index (κ3) is 1.97. The van der Waals surface area contributed by atoms with Gasteiger partial charge in [0.25, 0.3) is 0 Å². The Morgan fingerprint density at radius 1 is 1.33 bits per heavy atom. The standard InChI is InChI=1S/C12H18N2O/c1-14(2)7-10-9-5-3-4-6-11(9)13-12(10)8-15/h8,13H,3-7H2,1-2H3.